The summed E-state index contributed by atoms with van der Waals surface area (Å²) < 4.78 is 37.8. The summed E-state index contributed by atoms with van der Waals surface area (Å²) in [7, 11) is -4.19. The maximum Gasteiger partial charge on any atom is 0.339 e. The summed E-state index contributed by atoms with van der Waals surface area (Å²) in [6.07, 6.45) is 1.29. The van der Waals surface area contributed by atoms with Crippen LogP contribution in [-0.4, -0.2) is 32.9 Å². The molecule has 39 heavy (non-hydrogen) atoms. The monoisotopic (exact) mass is 676 g/mol. The molecule has 4 amide bonds. The number of halogens is 2. The Bertz CT molecular complexity index is 1630. The Morgan fingerprint density at radius 1 is 0.974 bits per heavy atom. The zero-order chi connectivity index (χ0) is 28.5. The van der Waals surface area contributed by atoms with E-state index in [0.717, 1.165) is 14.9 Å². The molecule has 0 unspecified atom stereocenters. The number of amides is 4. The van der Waals surface area contributed by atoms with Crippen molar-refractivity contribution in [3.05, 3.63) is 85.8 Å². The van der Waals surface area contributed by atoms with Crippen molar-refractivity contribution in [3.63, 3.8) is 0 Å². The Morgan fingerprint density at radius 2 is 1.67 bits per heavy atom. The molecule has 3 aromatic rings. The van der Waals surface area contributed by atoms with Gasteiger partial charge >= 0.3 is 16.1 Å². The fraction of sp³-hybridized carbons (Fsp3) is 0.148. The highest BCUT2D eigenvalue weighted by Gasteiger charge is 2.37. The van der Waals surface area contributed by atoms with E-state index in [0.29, 0.717) is 16.8 Å². The summed E-state index contributed by atoms with van der Waals surface area (Å²) >= 11 is 6.67. The maximum atomic E-state index is 13.3. The van der Waals surface area contributed by atoms with E-state index < -0.39 is 28.0 Å². The van der Waals surface area contributed by atoms with Crippen molar-refractivity contribution in [1.29, 1.82) is 0 Å². The number of barbiturate groups is 1. The number of carbonyl (C=O) groups is 3. The SMILES string of the molecule is CCOc1cc(/C=C2/C(=O)NC(=O)N(c3ccc(Br)cc3C)C2=O)cc(Br)c1OS(=O)(=O)c1ccc(C)cc1. The number of urea groups is 1. The molecule has 1 aliphatic heterocycles. The van der Waals surface area contributed by atoms with Gasteiger partial charge in [-0.05, 0) is 96.4 Å². The Hall–Kier alpha value is -3.48. The smallest absolute Gasteiger partial charge is 0.339 e. The average Bonchev–Trinajstić information content (AvgIpc) is 2.85. The minimum absolute atomic E-state index is 0.0360. The first-order valence-electron chi connectivity index (χ1n) is 11.6. The first-order chi connectivity index (χ1) is 18.4. The fourth-order valence-electron chi connectivity index (χ4n) is 3.79. The molecule has 3 aromatic carbocycles. The number of hydrogen-bond acceptors (Lipinski definition) is 7. The number of aryl methyl sites for hydroxylation is 2. The minimum Gasteiger partial charge on any atom is -0.490 e. The van der Waals surface area contributed by atoms with Crippen LogP contribution in [0.1, 0.15) is 23.6 Å². The van der Waals surface area contributed by atoms with Gasteiger partial charge in [0, 0.05) is 4.47 Å². The zero-order valence-electron chi connectivity index (χ0n) is 20.9. The summed E-state index contributed by atoms with van der Waals surface area (Å²) in [6.45, 7) is 5.45. The van der Waals surface area contributed by atoms with Crippen LogP contribution in [-0.2, 0) is 19.7 Å². The number of rotatable bonds is 7. The van der Waals surface area contributed by atoms with Gasteiger partial charge in [-0.25, -0.2) is 9.69 Å². The zero-order valence-corrected chi connectivity index (χ0v) is 24.9. The van der Waals surface area contributed by atoms with E-state index in [1.807, 2.05) is 6.92 Å². The molecule has 0 saturated carbocycles. The molecule has 9 nitrogen and oxygen atoms in total. The summed E-state index contributed by atoms with van der Waals surface area (Å²) in [5, 5.41) is 2.19. The predicted octanol–water partition coefficient (Wildman–Crippen LogP) is 5.66. The topological polar surface area (TPSA) is 119 Å². The lowest BCUT2D eigenvalue weighted by molar-refractivity contribution is -0.122. The Kier molecular flexibility index (Phi) is 8.28. The van der Waals surface area contributed by atoms with E-state index in [1.54, 1.807) is 44.2 Å². The molecule has 4 rings (SSSR count). The van der Waals surface area contributed by atoms with Crippen LogP contribution in [0.2, 0.25) is 0 Å². The molecule has 202 valence electrons. The van der Waals surface area contributed by atoms with Gasteiger partial charge in [0.05, 0.1) is 16.8 Å². The van der Waals surface area contributed by atoms with Gasteiger partial charge in [-0.15, -0.1) is 0 Å². The molecule has 1 aliphatic rings. The molecule has 0 bridgehead atoms. The molecule has 1 N–H and O–H groups in total. The van der Waals surface area contributed by atoms with Crippen LogP contribution in [0.15, 0.2) is 74.0 Å². The second kappa shape index (κ2) is 11.3. The van der Waals surface area contributed by atoms with Crippen molar-refractivity contribution in [2.45, 2.75) is 25.7 Å². The Morgan fingerprint density at radius 3 is 2.31 bits per heavy atom. The second-order valence-corrected chi connectivity index (χ2v) is 11.8. The van der Waals surface area contributed by atoms with Crippen LogP contribution in [0.5, 0.6) is 11.5 Å². The molecule has 0 spiro atoms. The third-order valence-corrected chi connectivity index (χ3v) is 7.96. The van der Waals surface area contributed by atoms with Crippen LogP contribution < -0.4 is 19.1 Å². The maximum absolute atomic E-state index is 13.3. The summed E-state index contributed by atoms with van der Waals surface area (Å²) in [5.41, 5.74) is 1.87. The molecule has 0 aliphatic carbocycles. The molecule has 12 heteroatoms. The van der Waals surface area contributed by atoms with Crippen LogP contribution in [0.25, 0.3) is 6.08 Å². The first kappa shape index (κ1) is 28.5. The lowest BCUT2D eigenvalue weighted by Gasteiger charge is -2.27. The molecule has 1 fully saturated rings. The van der Waals surface area contributed by atoms with Crippen LogP contribution in [0.3, 0.4) is 0 Å². The molecule has 0 aromatic heterocycles. The van der Waals surface area contributed by atoms with Crippen molar-refractivity contribution in [2.75, 3.05) is 11.5 Å². The van der Waals surface area contributed by atoms with Gasteiger partial charge in [-0.3, -0.25) is 14.9 Å². The van der Waals surface area contributed by atoms with Gasteiger partial charge in [0.2, 0.25) is 0 Å². The molecule has 1 saturated heterocycles. The third-order valence-electron chi connectivity index (χ3n) is 5.65. The van der Waals surface area contributed by atoms with Crippen molar-refractivity contribution in [1.82, 2.24) is 5.32 Å². The number of anilines is 1. The van der Waals surface area contributed by atoms with Crippen LogP contribution in [0, 0.1) is 13.8 Å². The van der Waals surface area contributed by atoms with Crippen LogP contribution in [0.4, 0.5) is 10.5 Å². The fourth-order valence-corrected chi connectivity index (χ4v) is 5.87. The number of benzene rings is 3. The second-order valence-electron chi connectivity index (χ2n) is 8.50. The van der Waals surface area contributed by atoms with E-state index in [-0.39, 0.29) is 33.0 Å². The molecule has 0 radical (unpaired) electrons. The number of nitrogens with one attached hydrogen (secondary N) is 1. The van der Waals surface area contributed by atoms with E-state index in [1.165, 1.54) is 30.3 Å². The van der Waals surface area contributed by atoms with Crippen molar-refractivity contribution >= 4 is 71.6 Å². The van der Waals surface area contributed by atoms with Gasteiger partial charge in [0.15, 0.2) is 11.5 Å². The van der Waals surface area contributed by atoms with Gasteiger partial charge in [-0.2, -0.15) is 8.42 Å². The summed E-state index contributed by atoms with van der Waals surface area (Å²) in [6, 6.07) is 13.2. The number of nitrogens with zero attached hydrogens (tertiary/aromatic N) is 1. The van der Waals surface area contributed by atoms with Gasteiger partial charge in [0.25, 0.3) is 11.8 Å². The van der Waals surface area contributed by atoms with E-state index in [9.17, 15) is 22.8 Å². The quantitative estimate of drug-likeness (QED) is 0.195. The third kappa shape index (κ3) is 6.07. The molecular weight excluding hydrogens is 656 g/mol. The molecular formula is C27H22Br2N2O7S. The van der Waals surface area contributed by atoms with Crippen LogP contribution >= 0.6 is 31.9 Å². The summed E-state index contributed by atoms with van der Waals surface area (Å²) in [5.74, 6) is -1.71. The van der Waals surface area contributed by atoms with E-state index in [2.05, 4.69) is 37.2 Å². The number of hydrogen-bond donors (Lipinski definition) is 1. The minimum atomic E-state index is -4.19. The largest absolute Gasteiger partial charge is 0.490 e. The first-order valence-corrected chi connectivity index (χ1v) is 14.6. The predicted molar refractivity (Wildman–Crippen MR) is 152 cm³/mol. The number of imide groups is 2. The van der Waals surface area contributed by atoms with Gasteiger partial charge in [0.1, 0.15) is 10.5 Å². The van der Waals surface area contributed by atoms with E-state index >= 15 is 0 Å². The Labute approximate surface area is 242 Å². The molecule has 0 atom stereocenters. The highest BCUT2D eigenvalue weighted by atomic mass is 79.9. The normalized spacial score (nSPS) is 14.9. The number of carbonyl (C=O) groups excluding carboxylic acids is 3. The molecule has 1 heterocycles. The van der Waals surface area contributed by atoms with E-state index in [4.69, 9.17) is 8.92 Å². The van der Waals surface area contributed by atoms with Crippen molar-refractivity contribution in [2.24, 2.45) is 0 Å². The average molecular weight is 678 g/mol. The standard InChI is InChI=1S/C27H22Br2N2O7S/c1-4-37-23-14-17(13-21(29)24(23)38-39(35,36)19-8-5-15(2)6-9-19)12-20-25(32)30-27(34)31(26(20)33)22-10-7-18(28)11-16(22)3/h5-14H,4H2,1-3H3,(H,30,32,34)/b20-12-. The summed E-state index contributed by atoms with van der Waals surface area (Å²) in [4.78, 5) is 39.4. The highest BCUT2D eigenvalue weighted by Crippen LogP contribution is 2.39. The van der Waals surface area contributed by atoms with Crippen molar-refractivity contribution < 1.29 is 31.7 Å². The number of ether oxygens (including phenoxy) is 1. The van der Waals surface area contributed by atoms with Gasteiger partial charge in [-0.1, -0.05) is 33.6 Å². The van der Waals surface area contributed by atoms with Gasteiger partial charge < -0.3 is 8.92 Å². The van der Waals surface area contributed by atoms with Crippen molar-refractivity contribution in [3.8, 4) is 11.5 Å². The lowest BCUT2D eigenvalue weighted by atomic mass is 10.1. The highest BCUT2D eigenvalue weighted by molar-refractivity contribution is 9.10. The lowest BCUT2D eigenvalue weighted by Crippen LogP contribution is -2.54. The Balaban J connectivity index is 1.73.